The van der Waals surface area contributed by atoms with Gasteiger partial charge in [0, 0.05) is 86.5 Å². The van der Waals surface area contributed by atoms with E-state index in [1.807, 2.05) is 22.6 Å². The molecule has 50 nitrogen and oxygen atoms in total. The van der Waals surface area contributed by atoms with E-state index in [0.717, 1.165) is 48.8 Å². The maximum absolute atomic E-state index is 12.5. The third kappa shape index (κ3) is 57.9. The number of phosphoric acid groups is 3. The Morgan fingerprint density at radius 2 is 0.796 bits per heavy atom. The smallest absolute Gasteiger partial charge is 0.480 e. The van der Waals surface area contributed by atoms with Crippen molar-refractivity contribution in [3.63, 3.8) is 0 Å². The predicted molar refractivity (Wildman–Crippen MR) is 544 cm³/mol. The van der Waals surface area contributed by atoms with Crippen LogP contribution in [-0.4, -0.2) is 290 Å². The van der Waals surface area contributed by atoms with Crippen LogP contribution in [0.3, 0.4) is 0 Å². The second-order valence-corrected chi connectivity index (χ2v) is 44.7. The molecule has 802 valence electrons. The predicted octanol–water partition coefficient (Wildman–Crippen LogP) is 6.44. The number of halogens is 2. The Hall–Kier alpha value is -7.81. The minimum absolute atomic E-state index is 0.00578. The van der Waals surface area contributed by atoms with Crippen molar-refractivity contribution in [1.29, 1.82) is 0 Å². The number of aliphatic hydroxyl groups is 5. The zero-order valence-electron chi connectivity index (χ0n) is 80.1. The Morgan fingerprint density at radius 3 is 1.09 bits per heavy atom. The van der Waals surface area contributed by atoms with Crippen molar-refractivity contribution < 1.29 is 164 Å². The summed E-state index contributed by atoms with van der Waals surface area (Å²) in [6, 6.07) is -4.14. The molecule has 6 unspecified atom stereocenters. The molecular formula is C83H130I2N13O37P3S4. The van der Waals surface area contributed by atoms with Gasteiger partial charge in [0.2, 0.25) is 0 Å². The van der Waals surface area contributed by atoms with E-state index in [2.05, 4.69) is 120 Å². The second kappa shape index (κ2) is 65.7. The molecule has 0 bridgehead atoms. The van der Waals surface area contributed by atoms with Crippen LogP contribution in [0.15, 0.2) is 33.0 Å². The van der Waals surface area contributed by atoms with Gasteiger partial charge in [-0.05, 0) is 179 Å². The van der Waals surface area contributed by atoms with Crippen molar-refractivity contribution in [1.82, 2.24) is 49.9 Å². The first-order valence-corrected chi connectivity index (χ1v) is 54.5. The van der Waals surface area contributed by atoms with Crippen molar-refractivity contribution in [3.8, 4) is 48.4 Å². The molecule has 0 aliphatic carbocycles. The van der Waals surface area contributed by atoms with Gasteiger partial charge < -0.3 is 137 Å². The van der Waals surface area contributed by atoms with Crippen molar-refractivity contribution in [2.45, 2.75) is 281 Å². The van der Waals surface area contributed by atoms with Gasteiger partial charge in [0.25, 0.3) is 0 Å². The van der Waals surface area contributed by atoms with Crippen LogP contribution in [0, 0.1) is 51.9 Å². The van der Waals surface area contributed by atoms with Crippen LogP contribution in [0.1, 0.15) is 209 Å². The number of nitrogen functional groups attached to an aromatic ring is 3. The number of terminal acetylenes is 2. The van der Waals surface area contributed by atoms with Gasteiger partial charge in [-0.1, -0.05) is 46.3 Å². The molecule has 0 aromatic carbocycles. The number of hydrogen-bond donors (Lipinski definition) is 21. The monoisotopic (exact) mass is 2380 g/mol. The number of nitrogens with one attached hydrogen (secondary N) is 4. The van der Waals surface area contributed by atoms with E-state index in [4.69, 9.17) is 88.3 Å². The fraction of sp³-hybridized carbons (Fsp3) is 0.663. The molecule has 3 aliphatic heterocycles. The number of unbranched alkanes of at least 4 members (excludes halogenated alkanes) is 8. The normalized spacial score (nSPS) is 19.2. The molecule has 3 aromatic rings. The minimum atomic E-state index is -5.75. The number of thiol groups is 1. The first kappa shape index (κ1) is 132. The van der Waals surface area contributed by atoms with Crippen LogP contribution >= 0.6 is 117 Å². The fourth-order valence-corrected chi connectivity index (χ4v) is 18.2. The summed E-state index contributed by atoms with van der Waals surface area (Å²) in [5.41, 5.74) is 12.9. The molecule has 15 atom stereocenters. The number of hydrogen-bond acceptors (Lipinski definition) is 39. The SMILES string of the molecule is C#CCCCCI.C#CCCCCSCC(NC(=O)OC(C)(C)C)C(=O)O.CC(C)(C)OC(=O)NC(CS)C(=O)O.CC(C)(C)OC(=O)NC(CSCCCCC#Cc1cn([C@H]2C[C@@H](O)[C@@H](CO)O2)c(=O)nc1N)C(=O)O.CC(C)(C)OC(=O)NC(CSCCCCC#Cc1cn([C@H]2C[C@@H](O)[C@@H](COP(=O)(O)OP(=O)(O)OP(=O)(O)O)O2)c(=O)nc1N)C(=O)O.Nc1nc(=O)n([C@H]2C[C@@H](O)[C@@H](CO)O2)cc1I. The third-order valence-electron chi connectivity index (χ3n) is 17.3. The summed E-state index contributed by atoms with van der Waals surface area (Å²) in [5, 5.41) is 93.5. The Bertz CT molecular complexity index is 5120. The largest absolute Gasteiger partial charge is 0.490 e. The molecule has 59 heteroatoms. The minimum Gasteiger partial charge on any atom is -0.480 e. The number of anilines is 3. The number of carbonyl (C=O) groups excluding carboxylic acids is 4. The molecule has 3 saturated heterocycles. The lowest BCUT2D eigenvalue weighted by Crippen LogP contribution is -2.45. The van der Waals surface area contributed by atoms with Crippen LogP contribution in [0.2, 0.25) is 0 Å². The molecule has 3 aromatic heterocycles. The summed E-state index contributed by atoms with van der Waals surface area (Å²) in [4.78, 5) is 174. The highest BCUT2D eigenvalue weighted by atomic mass is 127. The Balaban J connectivity index is 0.000000934. The highest BCUT2D eigenvalue weighted by Gasteiger charge is 2.44. The number of amides is 4. The molecule has 0 spiro atoms. The van der Waals surface area contributed by atoms with Crippen molar-refractivity contribution in [3.05, 3.63) is 64.7 Å². The van der Waals surface area contributed by atoms with Gasteiger partial charge in [-0.15, -0.1) is 24.7 Å². The van der Waals surface area contributed by atoms with Crippen LogP contribution < -0.4 is 55.5 Å². The number of ether oxygens (including phenoxy) is 7. The number of carbonyl (C=O) groups is 8. The van der Waals surface area contributed by atoms with E-state index in [1.165, 1.54) is 80.3 Å². The van der Waals surface area contributed by atoms with Gasteiger partial charge in [-0.25, -0.2) is 66.4 Å². The van der Waals surface area contributed by atoms with Crippen LogP contribution in [-0.2, 0) is 79.2 Å². The summed E-state index contributed by atoms with van der Waals surface area (Å²) in [5.74, 6) is 14.9. The van der Waals surface area contributed by atoms with Gasteiger partial charge in [0.05, 0.1) is 52.8 Å². The molecule has 23 N–H and O–H groups in total. The number of thioether (sulfide) groups is 3. The van der Waals surface area contributed by atoms with Gasteiger partial charge >= 0.3 is 88.8 Å². The fourth-order valence-electron chi connectivity index (χ4n) is 10.9. The van der Waals surface area contributed by atoms with Gasteiger partial charge in [0.1, 0.15) is 101 Å². The van der Waals surface area contributed by atoms with Gasteiger partial charge in [0.15, 0.2) is 0 Å². The highest BCUT2D eigenvalue weighted by Crippen LogP contribution is 2.66. The zero-order chi connectivity index (χ0) is 108. The number of rotatable bonds is 42. The summed E-state index contributed by atoms with van der Waals surface area (Å²) < 4.78 is 87.7. The number of phosphoric ester groups is 1. The first-order valence-electron chi connectivity index (χ1n) is 43.3. The standard InChI is InChI=1S/C23H37N4O17P3S.C23H34N4O8S.C14H23NO4S.C9H12IN3O4.C8H15NO4S.C6H9I/c1-23(2,3)42-22(32)25-15(20(29)30)13-48-9-7-5-4-6-8-14-11-27(21(31)26-19(14)24)18-10-16(28)17(41-18)12-40-46(36,37)44-47(38,39)43-45(33,34)35;1-23(2,3)35-22(33)25-15(20(30)31)13-36-9-7-5-4-6-8-14-11-27(21(32)26-19(14)24)18-10-16(29)17(12-28)34-18;1-5-6-7-8-9-20-10-11(12(16)17)15-13(18)19-14(2,3)4;10-4-2-13(9(16)12-8(4)11)7-1-5(15)6(3-14)17-7;1-8(2,3)13-7(12)9-5(4-14)6(10)11;1-2-3-4-5-6-7/h11,15-18,28H,4-5,7,9-10,12-13H2,1-3H3,(H,25,32)(H,29,30)(H,36,37)(H,38,39)(H2,24,26,31)(H2,33,34,35);11,15-18,28-29H,4-5,7,9-10,12-13H2,1-3H3,(H,25,33)(H,30,31)(H2,24,26,32);1,11H,6-10H2,2-4H3,(H,15,18)(H,16,17);2,5-7,14-15H,1,3H2,(H2,11,12,16);5,14H,4H2,1-3H3,(H,9,12)(H,10,11);1H,3-6H2/t2*15?,16-,17-,18-;;5-,6-,7-;;/m11.1../s1. The number of aliphatic hydroxyl groups excluding tert-OH is 5. The zero-order valence-corrected chi connectivity index (χ0v) is 90.4. The molecule has 0 radical (unpaired) electrons. The molecule has 6 heterocycles. The first-order chi connectivity index (χ1) is 65.8. The highest BCUT2D eigenvalue weighted by molar-refractivity contribution is 14.1. The maximum atomic E-state index is 12.5. The lowest BCUT2D eigenvalue weighted by Gasteiger charge is -2.21. The summed E-state index contributed by atoms with van der Waals surface area (Å²) in [7, 11) is -16.8. The van der Waals surface area contributed by atoms with E-state index >= 15 is 0 Å². The number of aliphatic carboxylic acids is 4. The van der Waals surface area contributed by atoms with E-state index in [-0.39, 0.29) is 72.8 Å². The number of nitrogens with two attached hydrogens (primary N) is 3. The van der Waals surface area contributed by atoms with Crippen molar-refractivity contribution >= 4 is 182 Å². The molecule has 4 amide bonds. The van der Waals surface area contributed by atoms with Crippen LogP contribution in [0.4, 0.5) is 36.6 Å². The molecule has 142 heavy (non-hydrogen) atoms. The number of aromatic nitrogens is 6. The van der Waals surface area contributed by atoms with Crippen molar-refractivity contribution in [2.75, 3.05) is 81.7 Å². The molecular weight excluding hydrogens is 2250 g/mol. The van der Waals surface area contributed by atoms with Gasteiger partial charge in [-0.2, -0.15) is 71.5 Å². The summed E-state index contributed by atoms with van der Waals surface area (Å²) in [6.45, 7) is 18.8. The lowest BCUT2D eigenvalue weighted by atomic mass is 10.2. The third-order valence-corrected chi connectivity index (χ3v) is 26.5. The number of alkyl carbamates (subject to hydrolysis) is 4. The quantitative estimate of drug-likeness (QED) is 0.00551. The second-order valence-electron chi connectivity index (χ2n) is 34.3. The van der Waals surface area contributed by atoms with Crippen LogP contribution in [0.25, 0.3) is 0 Å². The summed E-state index contributed by atoms with van der Waals surface area (Å²) in [6.07, 6.45) is 12.8. The number of carboxylic acid groups (broad SMARTS) is 4. The molecule has 0 saturated carbocycles. The van der Waals surface area contributed by atoms with E-state index in [1.54, 1.807) is 83.1 Å². The molecule has 6 rings (SSSR count). The topological polar surface area (TPSA) is 774 Å². The summed E-state index contributed by atoms with van der Waals surface area (Å²) >= 11 is 12.3. The average Bonchev–Trinajstić information content (AvgIpc) is 1.47. The van der Waals surface area contributed by atoms with E-state index in [0.29, 0.717) is 52.1 Å². The maximum Gasteiger partial charge on any atom is 0.490 e. The van der Waals surface area contributed by atoms with Crippen LogP contribution in [0.5, 0.6) is 0 Å². The van der Waals surface area contributed by atoms with Gasteiger partial charge in [-0.3, -0.25) is 18.2 Å². The Labute approximate surface area is 866 Å². The average molecular weight is 2380 g/mol. The van der Waals surface area contributed by atoms with Crippen molar-refractivity contribution in [2.24, 2.45) is 0 Å². The molecule has 3 aliphatic rings. The van der Waals surface area contributed by atoms with E-state index in [9.17, 15) is 107 Å². The number of nitrogens with zero attached hydrogens (tertiary/aromatic N) is 6. The van der Waals surface area contributed by atoms with E-state index < -0.39 is 197 Å². The lowest BCUT2D eigenvalue weighted by molar-refractivity contribution is -0.139. The number of carboxylic acids is 4. The Morgan fingerprint density at radius 1 is 0.493 bits per heavy atom. The Kier molecular flexibility index (Phi) is 61.2. The number of alkyl halides is 1. The molecule has 3 fully saturated rings.